The molecule has 0 aliphatic carbocycles. The van der Waals surface area contributed by atoms with Crippen molar-refractivity contribution in [1.29, 1.82) is 0 Å². The first-order valence-electron chi connectivity index (χ1n) is 6.06. The van der Waals surface area contributed by atoms with Crippen LogP contribution >= 0.6 is 0 Å². The summed E-state index contributed by atoms with van der Waals surface area (Å²) in [5.41, 5.74) is 9.12. The highest BCUT2D eigenvalue weighted by molar-refractivity contribution is 7.86. The van der Waals surface area contributed by atoms with Crippen LogP contribution in [0.4, 0.5) is 9.57 Å². The van der Waals surface area contributed by atoms with Crippen LogP contribution in [-0.2, 0) is 16.8 Å². The first kappa shape index (κ1) is 14.7. The molecule has 0 amide bonds. The summed E-state index contributed by atoms with van der Waals surface area (Å²) in [4.78, 5) is 4.23. The molecule has 0 atom stereocenters. The first-order chi connectivity index (χ1) is 9.49. The maximum Gasteiger partial charge on any atom is 0.332 e. The van der Waals surface area contributed by atoms with Gasteiger partial charge in [0.2, 0.25) is 0 Å². The molecule has 0 bridgehead atoms. The zero-order valence-corrected chi connectivity index (χ0v) is 11.5. The molecule has 1 aromatic carbocycles. The zero-order valence-electron chi connectivity index (χ0n) is 10.7. The second-order valence-corrected chi connectivity index (χ2v) is 5.84. The predicted molar refractivity (Wildman–Crippen MR) is 71.7 cm³/mol. The minimum absolute atomic E-state index is 0.0939. The molecule has 9 heteroatoms. The summed E-state index contributed by atoms with van der Waals surface area (Å²) in [7, 11) is -4.82. The van der Waals surface area contributed by atoms with Gasteiger partial charge in [0.25, 0.3) is 0 Å². The fraction of sp³-hybridized carbons (Fsp3) is 0.455. The van der Waals surface area contributed by atoms with E-state index < -0.39 is 15.1 Å². The van der Waals surface area contributed by atoms with Crippen molar-refractivity contribution in [2.24, 2.45) is 5.11 Å². The molecule has 0 spiro atoms. The number of hydrogen-bond acceptors (Lipinski definition) is 5. The molecule has 1 aromatic rings. The second kappa shape index (κ2) is 6.19. The lowest BCUT2D eigenvalue weighted by molar-refractivity contribution is 0.233. The molecule has 1 saturated heterocycles. The van der Waals surface area contributed by atoms with Crippen molar-refractivity contribution in [3.63, 3.8) is 0 Å². The second-order valence-electron chi connectivity index (χ2n) is 4.49. The normalized spacial score (nSPS) is 16.6. The lowest BCUT2D eigenvalue weighted by Crippen LogP contribution is -2.42. The summed E-state index contributed by atoms with van der Waals surface area (Å²) in [6.07, 6.45) is 0. The predicted octanol–water partition coefficient (Wildman–Crippen LogP) is 1.69. The minimum atomic E-state index is -4.82. The third kappa shape index (κ3) is 3.91. The monoisotopic (exact) mass is 299 g/mol. The Balaban J connectivity index is 2.31. The van der Waals surface area contributed by atoms with Crippen molar-refractivity contribution >= 4 is 15.9 Å². The summed E-state index contributed by atoms with van der Waals surface area (Å²) in [5, 5.41) is 6.56. The summed E-state index contributed by atoms with van der Waals surface area (Å²) in [6.45, 7) is 3.83. The Bertz CT molecular complexity index is 636. The van der Waals surface area contributed by atoms with Crippen LogP contribution in [0.1, 0.15) is 5.56 Å². The van der Waals surface area contributed by atoms with Gasteiger partial charge in [-0.05, 0) is 29.3 Å². The Morgan fingerprint density at radius 3 is 2.65 bits per heavy atom. The van der Waals surface area contributed by atoms with Gasteiger partial charge in [-0.25, -0.2) is 0 Å². The Morgan fingerprint density at radius 2 is 2.05 bits per heavy atom. The van der Waals surface area contributed by atoms with E-state index in [0.29, 0.717) is 12.1 Å². The van der Waals surface area contributed by atoms with Crippen LogP contribution in [0.3, 0.4) is 0 Å². The number of nitrogens with zero attached hydrogens (tertiary/aromatic N) is 4. The van der Waals surface area contributed by atoms with Gasteiger partial charge < -0.3 is 5.32 Å². The number of hydrogen-bond donors (Lipinski definition) is 1. The average Bonchev–Trinajstić information content (AvgIpc) is 2.39. The van der Waals surface area contributed by atoms with E-state index in [-0.39, 0.29) is 5.69 Å². The summed E-state index contributed by atoms with van der Waals surface area (Å²) < 4.78 is 35.1. The van der Waals surface area contributed by atoms with Gasteiger partial charge in [0.1, 0.15) is 0 Å². The lowest BCUT2D eigenvalue weighted by Gasteiger charge is -2.27. The first-order valence-corrected chi connectivity index (χ1v) is 7.44. The third-order valence-electron chi connectivity index (χ3n) is 3.01. The van der Waals surface area contributed by atoms with Gasteiger partial charge in [0, 0.05) is 43.3 Å². The molecule has 0 unspecified atom stereocenters. The molecular formula is C11H14FN5O2S. The van der Waals surface area contributed by atoms with Gasteiger partial charge in [0.15, 0.2) is 0 Å². The van der Waals surface area contributed by atoms with Gasteiger partial charge in [-0.2, -0.15) is 8.42 Å². The molecule has 1 N–H and O–H groups in total. The molecule has 1 aliphatic heterocycles. The Labute approximate surface area is 116 Å². The largest absolute Gasteiger partial charge is 0.332 e. The number of nitrogens with one attached hydrogen (secondary N) is 1. The standard InChI is InChI=1S/C11H14FN5O2S/c12-20(18,19)11-6-9(5-10(7-11)15-16-13)8-17-3-1-14-2-4-17/h5-7,14H,1-4,8H2. The van der Waals surface area contributed by atoms with Gasteiger partial charge in [-0.1, -0.05) is 5.11 Å². The SMILES string of the molecule is [N-]=[N+]=Nc1cc(CN2CCNCC2)cc(S(=O)(=O)F)c1. The van der Waals surface area contributed by atoms with Crippen LogP contribution in [0.25, 0.3) is 10.4 Å². The van der Waals surface area contributed by atoms with Crippen molar-refractivity contribution in [3.05, 3.63) is 34.2 Å². The zero-order chi connectivity index (χ0) is 14.6. The summed E-state index contributed by atoms with van der Waals surface area (Å²) in [5.74, 6) is 0. The maximum atomic E-state index is 13.1. The molecule has 1 heterocycles. The Morgan fingerprint density at radius 1 is 1.35 bits per heavy atom. The van der Waals surface area contributed by atoms with Gasteiger partial charge in [-0.15, -0.1) is 3.89 Å². The van der Waals surface area contributed by atoms with E-state index >= 15 is 0 Å². The van der Waals surface area contributed by atoms with E-state index in [4.69, 9.17) is 5.53 Å². The van der Waals surface area contributed by atoms with E-state index in [2.05, 4.69) is 20.2 Å². The summed E-state index contributed by atoms with van der Waals surface area (Å²) in [6, 6.07) is 3.86. The molecule has 108 valence electrons. The number of rotatable bonds is 4. The van der Waals surface area contributed by atoms with Crippen LogP contribution in [0.15, 0.2) is 28.2 Å². The molecule has 20 heavy (non-hydrogen) atoms. The van der Waals surface area contributed by atoms with Crippen molar-refractivity contribution < 1.29 is 12.3 Å². The van der Waals surface area contributed by atoms with Crippen LogP contribution in [0.5, 0.6) is 0 Å². The fourth-order valence-corrected chi connectivity index (χ4v) is 2.67. The third-order valence-corrected chi connectivity index (χ3v) is 3.81. The van der Waals surface area contributed by atoms with Crippen molar-refractivity contribution in [2.45, 2.75) is 11.4 Å². The average molecular weight is 299 g/mol. The molecule has 1 fully saturated rings. The topological polar surface area (TPSA) is 98.2 Å². The number of azide groups is 1. The van der Waals surface area contributed by atoms with Crippen molar-refractivity contribution in [2.75, 3.05) is 26.2 Å². The number of benzene rings is 1. The molecule has 0 saturated carbocycles. The van der Waals surface area contributed by atoms with Crippen molar-refractivity contribution in [3.8, 4) is 0 Å². The van der Waals surface area contributed by atoms with E-state index in [1.165, 1.54) is 6.07 Å². The smallest absolute Gasteiger partial charge is 0.314 e. The van der Waals surface area contributed by atoms with E-state index in [0.717, 1.165) is 32.2 Å². The van der Waals surface area contributed by atoms with Crippen LogP contribution < -0.4 is 5.32 Å². The van der Waals surface area contributed by atoms with E-state index in [9.17, 15) is 12.3 Å². The molecule has 2 rings (SSSR count). The number of halogens is 1. The highest BCUT2D eigenvalue weighted by Crippen LogP contribution is 2.24. The number of piperazine rings is 1. The Hall–Kier alpha value is -1.67. The van der Waals surface area contributed by atoms with Crippen LogP contribution in [0, 0.1) is 0 Å². The lowest BCUT2D eigenvalue weighted by atomic mass is 10.2. The van der Waals surface area contributed by atoms with Gasteiger partial charge >= 0.3 is 10.2 Å². The van der Waals surface area contributed by atoms with Gasteiger partial charge in [0.05, 0.1) is 4.90 Å². The molecule has 0 radical (unpaired) electrons. The van der Waals surface area contributed by atoms with Crippen molar-refractivity contribution in [1.82, 2.24) is 10.2 Å². The van der Waals surface area contributed by atoms with E-state index in [1.807, 2.05) is 0 Å². The summed E-state index contributed by atoms with van der Waals surface area (Å²) >= 11 is 0. The quantitative estimate of drug-likeness (QED) is 0.396. The van der Waals surface area contributed by atoms with Crippen LogP contribution in [0.2, 0.25) is 0 Å². The molecule has 1 aliphatic rings. The maximum absolute atomic E-state index is 13.1. The van der Waals surface area contributed by atoms with E-state index in [1.54, 1.807) is 6.07 Å². The molecule has 0 aromatic heterocycles. The minimum Gasteiger partial charge on any atom is -0.314 e. The van der Waals surface area contributed by atoms with Gasteiger partial charge in [-0.3, -0.25) is 4.90 Å². The highest BCUT2D eigenvalue weighted by atomic mass is 32.3. The fourth-order valence-electron chi connectivity index (χ4n) is 2.11. The molecular weight excluding hydrogens is 285 g/mol. The molecule has 7 nitrogen and oxygen atoms in total. The Kier molecular flexibility index (Phi) is 4.56. The highest BCUT2D eigenvalue weighted by Gasteiger charge is 2.16. The van der Waals surface area contributed by atoms with Crippen LogP contribution in [-0.4, -0.2) is 39.5 Å².